The van der Waals surface area contributed by atoms with Crippen LogP contribution in [0.5, 0.6) is 5.75 Å². The van der Waals surface area contributed by atoms with Crippen molar-refractivity contribution in [3.8, 4) is 5.75 Å². The third-order valence-corrected chi connectivity index (χ3v) is 6.67. The highest BCUT2D eigenvalue weighted by molar-refractivity contribution is 7.89. The lowest BCUT2D eigenvalue weighted by Gasteiger charge is -2.31. The second-order valence-corrected chi connectivity index (χ2v) is 8.84. The minimum absolute atomic E-state index is 0.218. The normalized spacial score (nSPS) is 17.6. The van der Waals surface area contributed by atoms with Crippen LogP contribution in [0, 0.1) is 6.92 Å². The van der Waals surface area contributed by atoms with Gasteiger partial charge >= 0.3 is 6.03 Å². The average molecular weight is 404 g/mol. The molecule has 28 heavy (non-hydrogen) atoms. The fraction of sp³-hybridized carbons (Fsp3) is 0.350. The topological polar surface area (TPSA) is 70.2 Å². The van der Waals surface area contributed by atoms with E-state index in [-0.39, 0.29) is 17.5 Å². The molecule has 7 nitrogen and oxygen atoms in total. The Labute approximate surface area is 166 Å². The number of carbonyl (C=O) groups is 1. The second-order valence-electron chi connectivity index (χ2n) is 6.95. The first kappa shape index (κ1) is 20.2. The molecule has 1 fully saturated rings. The third kappa shape index (κ3) is 3.70. The van der Waals surface area contributed by atoms with Crippen molar-refractivity contribution in [1.29, 1.82) is 0 Å². The van der Waals surface area contributed by atoms with Gasteiger partial charge in [0.1, 0.15) is 11.9 Å². The van der Waals surface area contributed by atoms with Crippen LogP contribution in [0.15, 0.2) is 53.4 Å². The largest absolute Gasteiger partial charge is 0.497 e. The van der Waals surface area contributed by atoms with E-state index < -0.39 is 16.2 Å². The predicted molar refractivity (Wildman–Crippen MR) is 107 cm³/mol. The van der Waals surface area contributed by atoms with Crippen LogP contribution < -0.4 is 4.74 Å². The molecule has 0 aliphatic carbocycles. The van der Waals surface area contributed by atoms with E-state index in [0.717, 1.165) is 5.56 Å². The monoisotopic (exact) mass is 403 g/mol. The number of amides is 2. The van der Waals surface area contributed by atoms with E-state index in [0.29, 0.717) is 17.9 Å². The lowest BCUT2D eigenvalue weighted by Crippen LogP contribution is -2.42. The van der Waals surface area contributed by atoms with Crippen LogP contribution >= 0.6 is 0 Å². The van der Waals surface area contributed by atoms with Crippen molar-refractivity contribution in [2.45, 2.75) is 18.0 Å². The molecule has 0 radical (unpaired) electrons. The van der Waals surface area contributed by atoms with Crippen molar-refractivity contribution in [2.75, 3.05) is 34.3 Å². The van der Waals surface area contributed by atoms with Gasteiger partial charge in [0.15, 0.2) is 0 Å². The van der Waals surface area contributed by atoms with E-state index in [1.807, 2.05) is 6.92 Å². The molecule has 1 heterocycles. The molecule has 2 aromatic carbocycles. The van der Waals surface area contributed by atoms with Crippen LogP contribution in [0.25, 0.3) is 0 Å². The Morgan fingerprint density at radius 3 is 2.18 bits per heavy atom. The summed E-state index contributed by atoms with van der Waals surface area (Å²) in [5, 5.41) is 0. The van der Waals surface area contributed by atoms with Crippen LogP contribution in [-0.2, 0) is 10.0 Å². The number of benzene rings is 2. The molecule has 0 aromatic heterocycles. The van der Waals surface area contributed by atoms with Crippen LogP contribution in [0.1, 0.15) is 17.3 Å². The zero-order valence-corrected chi connectivity index (χ0v) is 17.3. The molecule has 150 valence electrons. The fourth-order valence-corrected chi connectivity index (χ4v) is 4.85. The smallest absolute Gasteiger partial charge is 0.321 e. The van der Waals surface area contributed by atoms with Gasteiger partial charge in [0, 0.05) is 27.2 Å². The van der Waals surface area contributed by atoms with E-state index in [1.54, 1.807) is 74.6 Å². The molecule has 0 N–H and O–H groups in total. The molecule has 1 aliphatic heterocycles. The van der Waals surface area contributed by atoms with Gasteiger partial charge in [-0.25, -0.2) is 13.2 Å². The van der Waals surface area contributed by atoms with Gasteiger partial charge in [-0.3, -0.25) is 0 Å². The van der Waals surface area contributed by atoms with Gasteiger partial charge < -0.3 is 14.5 Å². The summed E-state index contributed by atoms with van der Waals surface area (Å²) in [5.41, 5.74) is 1.70. The molecule has 1 atom stereocenters. The molecule has 3 rings (SSSR count). The lowest BCUT2D eigenvalue weighted by atomic mass is 10.1. The number of carbonyl (C=O) groups excluding carboxylic acids is 1. The number of methoxy groups -OCH3 is 1. The lowest BCUT2D eigenvalue weighted by molar-refractivity contribution is 0.151. The van der Waals surface area contributed by atoms with E-state index in [1.165, 1.54) is 9.21 Å². The fourth-order valence-electron chi connectivity index (χ4n) is 3.28. The maximum absolute atomic E-state index is 13.3. The zero-order chi connectivity index (χ0) is 20.5. The standard InChI is InChI=1S/C20H25N3O4S/c1-15-5-11-18(12-6-15)28(25,26)23-14-13-22(20(24)21(2)3)19(23)16-7-9-17(27-4)10-8-16/h5-12,19H,13-14H2,1-4H3. The third-order valence-electron chi connectivity index (χ3n) is 4.80. The van der Waals surface area contributed by atoms with Crippen molar-refractivity contribution in [3.05, 3.63) is 59.7 Å². The van der Waals surface area contributed by atoms with Gasteiger partial charge in [0.05, 0.1) is 12.0 Å². The van der Waals surface area contributed by atoms with E-state index in [9.17, 15) is 13.2 Å². The maximum Gasteiger partial charge on any atom is 0.321 e. The maximum atomic E-state index is 13.3. The zero-order valence-electron chi connectivity index (χ0n) is 16.5. The van der Waals surface area contributed by atoms with Crippen LogP contribution in [0.2, 0.25) is 0 Å². The number of nitrogens with zero attached hydrogens (tertiary/aromatic N) is 3. The molecule has 2 amide bonds. The highest BCUT2D eigenvalue weighted by atomic mass is 32.2. The van der Waals surface area contributed by atoms with Crippen molar-refractivity contribution in [1.82, 2.24) is 14.1 Å². The Kier molecular flexibility index (Phi) is 5.62. The highest BCUT2D eigenvalue weighted by Gasteiger charge is 2.43. The number of hydrogen-bond donors (Lipinski definition) is 0. The van der Waals surface area contributed by atoms with E-state index in [2.05, 4.69) is 0 Å². The first-order valence-corrected chi connectivity index (χ1v) is 10.4. The Bertz CT molecular complexity index is 940. The minimum Gasteiger partial charge on any atom is -0.497 e. The molecular formula is C20H25N3O4S. The van der Waals surface area contributed by atoms with Gasteiger partial charge in [-0.1, -0.05) is 29.8 Å². The highest BCUT2D eigenvalue weighted by Crippen LogP contribution is 2.36. The van der Waals surface area contributed by atoms with Crippen molar-refractivity contribution in [2.24, 2.45) is 0 Å². The Balaban J connectivity index is 2.05. The van der Waals surface area contributed by atoms with Gasteiger partial charge in [-0.15, -0.1) is 0 Å². The molecule has 0 bridgehead atoms. The summed E-state index contributed by atoms with van der Waals surface area (Å²) in [4.78, 5) is 16.0. The van der Waals surface area contributed by atoms with Gasteiger partial charge in [0.25, 0.3) is 0 Å². The summed E-state index contributed by atoms with van der Waals surface area (Å²) in [6, 6.07) is 13.6. The Morgan fingerprint density at radius 1 is 1.04 bits per heavy atom. The minimum atomic E-state index is -3.77. The van der Waals surface area contributed by atoms with Crippen LogP contribution in [0.4, 0.5) is 4.79 Å². The SMILES string of the molecule is COc1ccc(C2N(C(=O)N(C)C)CCN2S(=O)(=O)c2ccc(C)cc2)cc1. The molecule has 1 aliphatic rings. The van der Waals surface area contributed by atoms with Crippen molar-refractivity contribution in [3.63, 3.8) is 0 Å². The molecule has 0 spiro atoms. The summed E-state index contributed by atoms with van der Waals surface area (Å²) in [6.07, 6.45) is -0.716. The van der Waals surface area contributed by atoms with E-state index >= 15 is 0 Å². The van der Waals surface area contributed by atoms with Crippen LogP contribution in [-0.4, -0.2) is 62.8 Å². The quantitative estimate of drug-likeness (QED) is 0.787. The summed E-state index contributed by atoms with van der Waals surface area (Å²) in [5.74, 6) is 0.667. The van der Waals surface area contributed by atoms with Gasteiger partial charge in [-0.05, 0) is 36.8 Å². The number of rotatable bonds is 4. The first-order chi connectivity index (χ1) is 13.3. The molecule has 8 heteroatoms. The summed E-state index contributed by atoms with van der Waals surface area (Å²) < 4.78 is 33.3. The average Bonchev–Trinajstić information content (AvgIpc) is 3.13. The summed E-state index contributed by atoms with van der Waals surface area (Å²) >= 11 is 0. The van der Waals surface area contributed by atoms with Crippen molar-refractivity contribution < 1.29 is 17.9 Å². The Morgan fingerprint density at radius 2 is 1.64 bits per heavy atom. The molecular weight excluding hydrogens is 378 g/mol. The summed E-state index contributed by atoms with van der Waals surface area (Å²) in [6.45, 7) is 2.45. The molecule has 1 saturated heterocycles. The van der Waals surface area contributed by atoms with Gasteiger partial charge in [-0.2, -0.15) is 4.31 Å². The molecule has 2 aromatic rings. The van der Waals surface area contributed by atoms with Gasteiger partial charge in [0.2, 0.25) is 10.0 Å². The second kappa shape index (κ2) is 7.81. The number of ether oxygens (including phenoxy) is 1. The van der Waals surface area contributed by atoms with Crippen LogP contribution in [0.3, 0.4) is 0 Å². The number of aryl methyl sites for hydroxylation is 1. The van der Waals surface area contributed by atoms with Crippen molar-refractivity contribution >= 4 is 16.1 Å². The van der Waals surface area contributed by atoms with E-state index in [4.69, 9.17) is 4.74 Å². The first-order valence-electron chi connectivity index (χ1n) is 8.96. The predicted octanol–water partition coefficient (Wildman–Crippen LogP) is 2.69. The number of sulfonamides is 1. The molecule has 0 saturated carbocycles. The number of urea groups is 1. The number of hydrogen-bond acceptors (Lipinski definition) is 4. The Hall–Kier alpha value is -2.58. The summed E-state index contributed by atoms with van der Waals surface area (Å²) in [7, 11) is 1.11. The molecule has 1 unspecified atom stereocenters.